The van der Waals surface area contributed by atoms with E-state index in [1.807, 2.05) is 54.6 Å². The molecule has 2 aromatic carbocycles. The maximum Gasteiger partial charge on any atom is 0.407 e. The van der Waals surface area contributed by atoms with Crippen molar-refractivity contribution in [3.63, 3.8) is 0 Å². The van der Waals surface area contributed by atoms with Crippen molar-refractivity contribution in [2.24, 2.45) is 0 Å². The predicted molar refractivity (Wildman–Crippen MR) is 132 cm³/mol. The molecule has 2 N–H and O–H groups in total. The molecule has 0 heterocycles. The van der Waals surface area contributed by atoms with Crippen LogP contribution in [0.3, 0.4) is 0 Å². The topological polar surface area (TPSA) is 67.8 Å². The van der Waals surface area contributed by atoms with Crippen molar-refractivity contribution < 1.29 is 19.1 Å². The fraction of sp³-hybridized carbons (Fsp3) is 0.423. The molecule has 1 unspecified atom stereocenters. The maximum atomic E-state index is 12.4. The SMILES string of the molecule is C=C(C)[C@H](O)C(Cc1ccc(O[Si](C)(C)C(C)(C)C)cc1)NC(=O)OCc1ccccc1. The lowest BCUT2D eigenvalue weighted by atomic mass is 9.97. The summed E-state index contributed by atoms with van der Waals surface area (Å²) in [5.41, 5.74) is 2.45. The lowest BCUT2D eigenvalue weighted by Crippen LogP contribution is -2.45. The standard InChI is InChI=1S/C26H37NO4Si/c1-19(2)24(28)23(27-25(29)30-18-21-11-9-8-10-12-21)17-20-13-15-22(16-14-20)31-32(6,7)26(3,4)5/h8-16,23-24,28H,1,17-18H2,2-7H3,(H,27,29)/t23?,24-/m0/s1. The zero-order chi connectivity index (χ0) is 23.9. The number of aliphatic hydroxyl groups is 1. The molecule has 0 aliphatic heterocycles. The van der Waals surface area contributed by atoms with E-state index in [0.29, 0.717) is 12.0 Å². The largest absolute Gasteiger partial charge is 0.544 e. The highest BCUT2D eigenvalue weighted by molar-refractivity contribution is 6.74. The number of benzene rings is 2. The summed E-state index contributed by atoms with van der Waals surface area (Å²) < 4.78 is 11.7. The minimum Gasteiger partial charge on any atom is -0.544 e. The first-order valence-electron chi connectivity index (χ1n) is 11.0. The average Bonchev–Trinajstić information content (AvgIpc) is 2.72. The summed E-state index contributed by atoms with van der Waals surface area (Å²) in [5.74, 6) is 0.840. The van der Waals surface area contributed by atoms with Gasteiger partial charge in [-0.25, -0.2) is 4.79 Å². The Morgan fingerprint density at radius 3 is 2.19 bits per heavy atom. The Balaban J connectivity index is 2.03. The van der Waals surface area contributed by atoms with Crippen molar-refractivity contribution in [1.82, 2.24) is 5.32 Å². The van der Waals surface area contributed by atoms with E-state index in [2.05, 4.69) is 45.8 Å². The molecular weight excluding hydrogens is 418 g/mol. The van der Waals surface area contributed by atoms with Gasteiger partial charge in [0, 0.05) is 0 Å². The second-order valence-electron chi connectivity index (χ2n) is 9.81. The van der Waals surface area contributed by atoms with Crippen molar-refractivity contribution >= 4 is 14.4 Å². The van der Waals surface area contributed by atoms with Gasteiger partial charge in [0.2, 0.25) is 8.32 Å². The molecule has 2 atom stereocenters. The van der Waals surface area contributed by atoms with Gasteiger partial charge in [0.25, 0.3) is 0 Å². The fourth-order valence-corrected chi connectivity index (χ4v) is 3.93. The van der Waals surface area contributed by atoms with Crippen LogP contribution < -0.4 is 9.74 Å². The molecule has 0 aliphatic carbocycles. The third kappa shape index (κ3) is 7.53. The molecule has 2 rings (SSSR count). The summed E-state index contributed by atoms with van der Waals surface area (Å²) in [7, 11) is -1.91. The molecule has 2 aromatic rings. The maximum absolute atomic E-state index is 12.4. The van der Waals surface area contributed by atoms with Crippen molar-refractivity contribution in [3.8, 4) is 5.75 Å². The molecule has 1 amide bonds. The fourth-order valence-electron chi connectivity index (χ4n) is 2.90. The number of ether oxygens (including phenoxy) is 1. The van der Waals surface area contributed by atoms with E-state index >= 15 is 0 Å². The predicted octanol–water partition coefficient (Wildman–Crippen LogP) is 5.85. The number of nitrogens with one attached hydrogen (secondary N) is 1. The molecule has 0 saturated heterocycles. The van der Waals surface area contributed by atoms with Crippen LogP contribution in [0, 0.1) is 0 Å². The Morgan fingerprint density at radius 2 is 1.66 bits per heavy atom. The van der Waals surface area contributed by atoms with Gasteiger partial charge in [0.15, 0.2) is 0 Å². The number of rotatable bonds is 9. The van der Waals surface area contributed by atoms with Gasteiger partial charge in [-0.15, -0.1) is 0 Å². The molecule has 0 spiro atoms. The zero-order valence-electron chi connectivity index (χ0n) is 20.1. The molecule has 5 nitrogen and oxygen atoms in total. The van der Waals surface area contributed by atoms with Crippen LogP contribution in [0.15, 0.2) is 66.7 Å². The lowest BCUT2D eigenvalue weighted by molar-refractivity contribution is 0.115. The molecule has 174 valence electrons. The zero-order valence-corrected chi connectivity index (χ0v) is 21.1. The van der Waals surface area contributed by atoms with E-state index in [4.69, 9.17) is 9.16 Å². The van der Waals surface area contributed by atoms with Gasteiger partial charge in [0.1, 0.15) is 12.4 Å². The first-order chi connectivity index (χ1) is 14.9. The number of alkyl carbamates (subject to hydrolysis) is 1. The number of hydrogen-bond donors (Lipinski definition) is 2. The second kappa shape index (κ2) is 10.8. The smallest absolute Gasteiger partial charge is 0.407 e. The summed E-state index contributed by atoms with van der Waals surface area (Å²) in [5, 5.41) is 13.5. The molecule has 0 saturated carbocycles. The van der Waals surface area contributed by atoms with Crippen LogP contribution in [-0.2, 0) is 17.8 Å². The van der Waals surface area contributed by atoms with Crippen molar-refractivity contribution in [3.05, 3.63) is 77.9 Å². The molecule has 6 heteroatoms. The van der Waals surface area contributed by atoms with Crippen molar-refractivity contribution in [1.29, 1.82) is 0 Å². The van der Waals surface area contributed by atoms with Crippen LogP contribution in [0.5, 0.6) is 5.75 Å². The van der Waals surface area contributed by atoms with E-state index in [9.17, 15) is 9.90 Å². The molecule has 0 radical (unpaired) electrons. The van der Waals surface area contributed by atoms with Gasteiger partial charge in [-0.1, -0.05) is 75.4 Å². The van der Waals surface area contributed by atoms with Gasteiger partial charge in [0.05, 0.1) is 12.1 Å². The van der Waals surface area contributed by atoms with Crippen LogP contribution in [0.1, 0.15) is 38.8 Å². The van der Waals surface area contributed by atoms with E-state index in [-0.39, 0.29) is 11.6 Å². The summed E-state index contributed by atoms with van der Waals surface area (Å²) in [6, 6.07) is 16.8. The van der Waals surface area contributed by atoms with Gasteiger partial charge in [-0.2, -0.15) is 0 Å². The normalized spacial score (nSPS) is 13.7. The first kappa shape index (κ1) is 25.7. The average molecular weight is 456 g/mol. The van der Waals surface area contributed by atoms with E-state index in [1.165, 1.54) is 0 Å². The van der Waals surface area contributed by atoms with Gasteiger partial charge in [-0.05, 0) is 54.7 Å². The Bertz CT molecular complexity index is 888. The molecule has 0 aliphatic rings. The van der Waals surface area contributed by atoms with Crippen LogP contribution in [0.25, 0.3) is 0 Å². The summed E-state index contributed by atoms with van der Waals surface area (Å²) in [6.45, 7) is 16.8. The van der Waals surface area contributed by atoms with Gasteiger partial charge < -0.3 is 19.6 Å². The third-order valence-corrected chi connectivity index (χ3v) is 10.3. The second-order valence-corrected chi connectivity index (χ2v) is 14.5. The monoisotopic (exact) mass is 455 g/mol. The first-order valence-corrected chi connectivity index (χ1v) is 13.9. The molecule has 0 fully saturated rings. The minimum atomic E-state index is -1.91. The Kier molecular flexibility index (Phi) is 8.70. The molecule has 32 heavy (non-hydrogen) atoms. The number of carbonyl (C=O) groups is 1. The van der Waals surface area contributed by atoms with Crippen LogP contribution in [0.2, 0.25) is 18.1 Å². The van der Waals surface area contributed by atoms with Crippen LogP contribution in [0.4, 0.5) is 4.79 Å². The molecule has 0 bridgehead atoms. The van der Waals surface area contributed by atoms with Crippen molar-refractivity contribution in [2.45, 2.75) is 71.0 Å². The molecular formula is C26H37NO4Si. The summed E-state index contributed by atoms with van der Waals surface area (Å²) in [4.78, 5) is 12.4. The highest BCUT2D eigenvalue weighted by atomic mass is 28.4. The van der Waals surface area contributed by atoms with E-state index in [1.54, 1.807) is 6.92 Å². The summed E-state index contributed by atoms with van der Waals surface area (Å²) in [6.07, 6.45) is -1.02. The van der Waals surface area contributed by atoms with Gasteiger partial charge >= 0.3 is 6.09 Å². The molecule has 0 aromatic heterocycles. The highest BCUT2D eigenvalue weighted by Gasteiger charge is 2.38. The Labute approximate surface area is 193 Å². The van der Waals surface area contributed by atoms with Crippen molar-refractivity contribution in [2.75, 3.05) is 0 Å². The summed E-state index contributed by atoms with van der Waals surface area (Å²) >= 11 is 0. The number of carbonyl (C=O) groups excluding carboxylic acids is 1. The lowest BCUT2D eigenvalue weighted by Gasteiger charge is -2.36. The van der Waals surface area contributed by atoms with E-state index < -0.39 is 26.6 Å². The number of amides is 1. The van der Waals surface area contributed by atoms with Crippen LogP contribution >= 0.6 is 0 Å². The highest BCUT2D eigenvalue weighted by Crippen LogP contribution is 2.37. The third-order valence-electron chi connectivity index (χ3n) is 5.96. The quantitative estimate of drug-likeness (QED) is 0.368. The van der Waals surface area contributed by atoms with Gasteiger partial charge in [-0.3, -0.25) is 0 Å². The Hall–Kier alpha value is -2.57. The number of hydrogen-bond acceptors (Lipinski definition) is 4. The Morgan fingerprint density at radius 1 is 1.06 bits per heavy atom. The van der Waals surface area contributed by atoms with E-state index in [0.717, 1.165) is 16.9 Å². The van der Waals surface area contributed by atoms with Crippen LogP contribution in [-0.4, -0.2) is 31.7 Å². The minimum absolute atomic E-state index is 0.117. The number of aliphatic hydroxyl groups excluding tert-OH is 1.